The monoisotopic (exact) mass is 268 g/mol. The first-order chi connectivity index (χ1) is 8.37. The summed E-state index contributed by atoms with van der Waals surface area (Å²) in [6.07, 6.45) is 4.89. The van der Waals surface area contributed by atoms with Crippen LogP contribution in [0, 0.1) is 0 Å². The molecule has 0 aliphatic carbocycles. The topological polar surface area (TPSA) is 51.2 Å². The van der Waals surface area contributed by atoms with E-state index in [1.165, 1.54) is 0 Å². The van der Waals surface area contributed by atoms with E-state index < -0.39 is 11.7 Å². The second kappa shape index (κ2) is 6.40. The quantitative estimate of drug-likeness (QED) is 0.856. The molecule has 1 N–H and O–H groups in total. The van der Waals surface area contributed by atoms with Gasteiger partial charge in [-0.25, -0.2) is 9.78 Å². The lowest BCUT2D eigenvalue weighted by Gasteiger charge is -2.19. The van der Waals surface area contributed by atoms with E-state index in [0.717, 1.165) is 5.56 Å². The minimum atomic E-state index is -0.478. The Morgan fingerprint density at radius 3 is 2.78 bits per heavy atom. The maximum Gasteiger partial charge on any atom is 0.407 e. The highest BCUT2D eigenvalue weighted by Gasteiger charge is 2.14. The number of pyridine rings is 1. The van der Waals surface area contributed by atoms with Gasteiger partial charge in [0, 0.05) is 12.7 Å². The number of ether oxygens (including phenoxy) is 1. The van der Waals surface area contributed by atoms with Crippen molar-refractivity contribution in [2.24, 2.45) is 0 Å². The van der Waals surface area contributed by atoms with E-state index in [1.54, 1.807) is 12.3 Å². The third kappa shape index (κ3) is 6.25. The van der Waals surface area contributed by atoms with Crippen molar-refractivity contribution >= 4 is 23.8 Å². The van der Waals surface area contributed by atoms with Crippen molar-refractivity contribution < 1.29 is 9.53 Å². The maximum atomic E-state index is 11.3. The molecule has 4 nitrogen and oxygen atoms in total. The Labute approximate surface area is 112 Å². The van der Waals surface area contributed by atoms with E-state index in [2.05, 4.69) is 10.3 Å². The Hall–Kier alpha value is -1.55. The molecule has 0 aliphatic heterocycles. The van der Waals surface area contributed by atoms with E-state index in [1.807, 2.05) is 39.0 Å². The van der Waals surface area contributed by atoms with Crippen molar-refractivity contribution in [2.75, 3.05) is 6.54 Å². The molecular weight excluding hydrogens is 252 g/mol. The fraction of sp³-hybridized carbons (Fsp3) is 0.385. The van der Waals surface area contributed by atoms with Crippen LogP contribution in [0.3, 0.4) is 0 Å². The van der Waals surface area contributed by atoms with E-state index in [9.17, 15) is 4.79 Å². The minimum Gasteiger partial charge on any atom is -0.444 e. The van der Waals surface area contributed by atoms with Crippen molar-refractivity contribution in [3.8, 4) is 0 Å². The zero-order valence-corrected chi connectivity index (χ0v) is 11.5. The number of hydrogen-bond acceptors (Lipinski definition) is 3. The van der Waals surface area contributed by atoms with Crippen molar-refractivity contribution in [1.29, 1.82) is 0 Å². The number of nitrogens with one attached hydrogen (secondary N) is 1. The Balaban J connectivity index is 2.33. The predicted octanol–water partition coefficient (Wildman–Crippen LogP) is 3.27. The first-order valence-corrected chi connectivity index (χ1v) is 5.99. The standard InChI is InChI=1S/C13H17ClN2O2/c1-13(2,3)18-12(17)15-8-4-5-10-6-7-11(14)16-9-10/h4-7,9H,8H2,1-3H3,(H,15,17). The van der Waals surface area contributed by atoms with Crippen LogP contribution in [0.25, 0.3) is 6.08 Å². The van der Waals surface area contributed by atoms with Crippen molar-refractivity contribution in [2.45, 2.75) is 26.4 Å². The van der Waals surface area contributed by atoms with E-state index in [-0.39, 0.29) is 0 Å². The summed E-state index contributed by atoms with van der Waals surface area (Å²) in [5.74, 6) is 0. The molecule has 0 bridgehead atoms. The van der Waals surface area contributed by atoms with Crippen LogP contribution in [-0.2, 0) is 4.74 Å². The average Bonchev–Trinajstić information content (AvgIpc) is 2.24. The summed E-state index contributed by atoms with van der Waals surface area (Å²) >= 11 is 5.67. The summed E-state index contributed by atoms with van der Waals surface area (Å²) in [6.45, 7) is 5.86. The number of carbonyl (C=O) groups is 1. The summed E-state index contributed by atoms with van der Waals surface area (Å²) in [5.41, 5.74) is 0.443. The van der Waals surface area contributed by atoms with Gasteiger partial charge in [-0.2, -0.15) is 0 Å². The van der Waals surface area contributed by atoms with Crippen LogP contribution < -0.4 is 5.32 Å². The molecule has 0 spiro atoms. The molecule has 1 amide bonds. The van der Waals surface area contributed by atoms with Crippen LogP contribution in [0.15, 0.2) is 24.4 Å². The largest absolute Gasteiger partial charge is 0.444 e. The molecule has 18 heavy (non-hydrogen) atoms. The van der Waals surface area contributed by atoms with Crippen LogP contribution in [-0.4, -0.2) is 23.2 Å². The number of hydrogen-bond donors (Lipinski definition) is 1. The second-order valence-corrected chi connectivity index (χ2v) is 5.09. The van der Waals surface area contributed by atoms with E-state index in [0.29, 0.717) is 11.7 Å². The highest BCUT2D eigenvalue weighted by atomic mass is 35.5. The van der Waals surface area contributed by atoms with Gasteiger partial charge in [0.25, 0.3) is 0 Å². The predicted molar refractivity (Wildman–Crippen MR) is 72.5 cm³/mol. The average molecular weight is 269 g/mol. The number of carbonyl (C=O) groups excluding carboxylic acids is 1. The van der Waals surface area contributed by atoms with Crippen LogP contribution >= 0.6 is 11.6 Å². The SMILES string of the molecule is CC(C)(C)OC(=O)NCC=Cc1ccc(Cl)nc1. The van der Waals surface area contributed by atoms with Gasteiger partial charge in [-0.05, 0) is 32.4 Å². The number of aromatic nitrogens is 1. The van der Waals surface area contributed by atoms with E-state index in [4.69, 9.17) is 16.3 Å². The lowest BCUT2D eigenvalue weighted by molar-refractivity contribution is 0.0534. The number of amides is 1. The van der Waals surface area contributed by atoms with E-state index >= 15 is 0 Å². The van der Waals surface area contributed by atoms with Gasteiger partial charge in [-0.15, -0.1) is 0 Å². The summed E-state index contributed by atoms with van der Waals surface area (Å²) in [4.78, 5) is 15.3. The van der Waals surface area contributed by atoms with Crippen LogP contribution in [0.5, 0.6) is 0 Å². The fourth-order valence-corrected chi connectivity index (χ4v) is 1.25. The van der Waals surface area contributed by atoms with Gasteiger partial charge in [-0.3, -0.25) is 0 Å². The second-order valence-electron chi connectivity index (χ2n) is 4.70. The Morgan fingerprint density at radius 1 is 1.50 bits per heavy atom. The highest BCUT2D eigenvalue weighted by Crippen LogP contribution is 2.07. The Bertz CT molecular complexity index is 422. The number of halogens is 1. The van der Waals surface area contributed by atoms with Crippen molar-refractivity contribution in [3.63, 3.8) is 0 Å². The molecule has 1 aromatic heterocycles. The van der Waals surface area contributed by atoms with Crippen LogP contribution in [0.1, 0.15) is 26.3 Å². The number of rotatable bonds is 3. The minimum absolute atomic E-state index is 0.400. The Kier molecular flexibility index (Phi) is 5.16. The molecule has 0 aromatic carbocycles. The number of alkyl carbamates (subject to hydrolysis) is 1. The molecule has 0 unspecified atom stereocenters. The van der Waals surface area contributed by atoms with Gasteiger partial charge >= 0.3 is 6.09 Å². The zero-order valence-electron chi connectivity index (χ0n) is 10.7. The van der Waals surface area contributed by atoms with Gasteiger partial charge in [0.15, 0.2) is 0 Å². The highest BCUT2D eigenvalue weighted by molar-refractivity contribution is 6.29. The summed E-state index contributed by atoms with van der Waals surface area (Å²) in [5, 5.41) is 3.08. The van der Waals surface area contributed by atoms with Gasteiger partial charge in [0.2, 0.25) is 0 Å². The normalized spacial score (nSPS) is 11.6. The molecule has 0 atom stereocenters. The number of nitrogens with zero attached hydrogens (tertiary/aromatic N) is 1. The Morgan fingerprint density at radius 2 is 2.22 bits per heavy atom. The van der Waals surface area contributed by atoms with Crippen LogP contribution in [0.2, 0.25) is 5.15 Å². The molecule has 0 radical (unpaired) electrons. The molecule has 1 heterocycles. The summed E-state index contributed by atoms with van der Waals surface area (Å²) in [6, 6.07) is 3.56. The molecule has 5 heteroatoms. The van der Waals surface area contributed by atoms with Crippen molar-refractivity contribution in [1.82, 2.24) is 10.3 Å². The van der Waals surface area contributed by atoms with Crippen molar-refractivity contribution in [3.05, 3.63) is 35.1 Å². The summed E-state index contributed by atoms with van der Waals surface area (Å²) in [7, 11) is 0. The van der Waals surface area contributed by atoms with Gasteiger partial charge in [0.05, 0.1) is 0 Å². The maximum absolute atomic E-state index is 11.3. The van der Waals surface area contributed by atoms with Gasteiger partial charge in [-0.1, -0.05) is 29.8 Å². The summed E-state index contributed by atoms with van der Waals surface area (Å²) < 4.78 is 5.09. The lowest BCUT2D eigenvalue weighted by Crippen LogP contribution is -2.32. The molecule has 1 rings (SSSR count). The fourth-order valence-electron chi connectivity index (χ4n) is 1.14. The molecule has 1 aromatic rings. The first kappa shape index (κ1) is 14.5. The smallest absolute Gasteiger partial charge is 0.407 e. The molecule has 0 aliphatic rings. The van der Waals surface area contributed by atoms with Gasteiger partial charge < -0.3 is 10.1 Å². The molecular formula is C13H17ClN2O2. The first-order valence-electron chi connectivity index (χ1n) is 5.62. The molecule has 98 valence electrons. The molecule has 0 fully saturated rings. The molecule has 0 saturated carbocycles. The lowest BCUT2D eigenvalue weighted by atomic mass is 10.2. The van der Waals surface area contributed by atoms with Gasteiger partial charge in [0.1, 0.15) is 10.8 Å². The molecule has 0 saturated heterocycles. The van der Waals surface area contributed by atoms with Crippen LogP contribution in [0.4, 0.5) is 4.79 Å². The third-order valence-corrected chi connectivity index (χ3v) is 2.05. The zero-order chi connectivity index (χ0) is 13.6. The third-order valence-electron chi connectivity index (χ3n) is 1.82.